The Bertz CT molecular complexity index is 665. The monoisotopic (exact) mass is 341 g/mol. The standard InChI is InChI=1S/C17H18F3NO3/c18-17(19,20)12-5-3-4-11(8-12)13(22)10-21-14(23)9-16(15(21)24)6-1-2-7-16/h3-5,8,13,22H,1-2,6-7,9-10H2/t13-/m0/s1. The van der Waals surface area contributed by atoms with Gasteiger partial charge in [-0.1, -0.05) is 25.0 Å². The van der Waals surface area contributed by atoms with Crippen LogP contribution in [-0.4, -0.2) is 28.4 Å². The minimum Gasteiger partial charge on any atom is -0.387 e. The zero-order valence-corrected chi connectivity index (χ0v) is 13.0. The van der Waals surface area contributed by atoms with Crippen molar-refractivity contribution < 1.29 is 27.9 Å². The third-order valence-corrected chi connectivity index (χ3v) is 5.00. The molecule has 1 heterocycles. The quantitative estimate of drug-likeness (QED) is 0.860. The summed E-state index contributed by atoms with van der Waals surface area (Å²) < 4.78 is 38.3. The number of aliphatic hydroxyl groups excluding tert-OH is 1. The average molecular weight is 341 g/mol. The molecule has 1 aromatic carbocycles. The molecule has 1 aliphatic heterocycles. The van der Waals surface area contributed by atoms with E-state index in [1.807, 2.05) is 0 Å². The zero-order valence-electron chi connectivity index (χ0n) is 13.0. The van der Waals surface area contributed by atoms with Crippen LogP contribution >= 0.6 is 0 Å². The van der Waals surface area contributed by atoms with E-state index in [0.29, 0.717) is 12.8 Å². The molecule has 1 N–H and O–H groups in total. The second kappa shape index (κ2) is 5.88. The van der Waals surface area contributed by atoms with Crippen LogP contribution in [0.25, 0.3) is 0 Å². The van der Waals surface area contributed by atoms with Crippen LogP contribution in [0.4, 0.5) is 13.2 Å². The molecule has 4 nitrogen and oxygen atoms in total. The second-order valence-electron chi connectivity index (χ2n) is 6.61. The van der Waals surface area contributed by atoms with Crippen molar-refractivity contribution in [3.8, 4) is 0 Å². The molecule has 1 aromatic rings. The van der Waals surface area contributed by atoms with Crippen molar-refractivity contribution in [1.82, 2.24) is 4.90 Å². The maximum Gasteiger partial charge on any atom is 0.416 e. The normalized spacial score (nSPS) is 21.8. The molecule has 1 saturated heterocycles. The van der Waals surface area contributed by atoms with Gasteiger partial charge in [0, 0.05) is 6.42 Å². The summed E-state index contributed by atoms with van der Waals surface area (Å²) in [4.78, 5) is 25.7. The highest BCUT2D eigenvalue weighted by Crippen LogP contribution is 2.47. The molecule has 1 saturated carbocycles. The van der Waals surface area contributed by atoms with Crippen LogP contribution in [-0.2, 0) is 15.8 Å². The summed E-state index contributed by atoms with van der Waals surface area (Å²) >= 11 is 0. The number of hydrogen-bond donors (Lipinski definition) is 1. The largest absolute Gasteiger partial charge is 0.416 e. The number of likely N-dealkylation sites (tertiary alicyclic amines) is 1. The van der Waals surface area contributed by atoms with E-state index in [4.69, 9.17) is 0 Å². The van der Waals surface area contributed by atoms with E-state index in [1.54, 1.807) is 0 Å². The van der Waals surface area contributed by atoms with E-state index in [-0.39, 0.29) is 30.3 Å². The van der Waals surface area contributed by atoms with Crippen LogP contribution in [0.2, 0.25) is 0 Å². The fourth-order valence-electron chi connectivity index (χ4n) is 3.69. The van der Waals surface area contributed by atoms with E-state index in [9.17, 15) is 27.9 Å². The summed E-state index contributed by atoms with van der Waals surface area (Å²) in [7, 11) is 0. The molecule has 2 aliphatic rings. The van der Waals surface area contributed by atoms with Gasteiger partial charge in [0.15, 0.2) is 0 Å². The highest BCUT2D eigenvalue weighted by Gasteiger charge is 2.52. The summed E-state index contributed by atoms with van der Waals surface area (Å²) in [5.41, 5.74) is -1.48. The van der Waals surface area contributed by atoms with Crippen LogP contribution in [0.15, 0.2) is 24.3 Å². The average Bonchev–Trinajstić information content (AvgIpc) is 3.08. The molecule has 24 heavy (non-hydrogen) atoms. The van der Waals surface area contributed by atoms with Crippen molar-refractivity contribution in [2.45, 2.75) is 44.4 Å². The Labute approximate surface area is 137 Å². The fraction of sp³-hybridized carbons (Fsp3) is 0.529. The van der Waals surface area contributed by atoms with Gasteiger partial charge in [-0.2, -0.15) is 13.2 Å². The lowest BCUT2D eigenvalue weighted by atomic mass is 9.84. The lowest BCUT2D eigenvalue weighted by molar-refractivity contribution is -0.143. The first-order valence-electron chi connectivity index (χ1n) is 7.93. The first-order valence-corrected chi connectivity index (χ1v) is 7.93. The number of benzene rings is 1. The number of aliphatic hydroxyl groups is 1. The van der Waals surface area contributed by atoms with Gasteiger partial charge in [-0.25, -0.2) is 0 Å². The number of alkyl halides is 3. The lowest BCUT2D eigenvalue weighted by Gasteiger charge is -2.23. The van der Waals surface area contributed by atoms with Gasteiger partial charge in [-0.3, -0.25) is 14.5 Å². The first-order chi connectivity index (χ1) is 11.2. The van der Waals surface area contributed by atoms with Crippen LogP contribution in [0.3, 0.4) is 0 Å². The molecule has 7 heteroatoms. The van der Waals surface area contributed by atoms with E-state index in [0.717, 1.165) is 29.9 Å². The van der Waals surface area contributed by atoms with E-state index < -0.39 is 23.3 Å². The lowest BCUT2D eigenvalue weighted by Crippen LogP contribution is -2.37. The number of β-amino-alcohol motifs (C(OH)–C–C–N with tert-alkyl or cyclic N) is 1. The minimum atomic E-state index is -4.51. The number of amides is 2. The summed E-state index contributed by atoms with van der Waals surface area (Å²) in [5, 5.41) is 10.2. The fourth-order valence-corrected chi connectivity index (χ4v) is 3.69. The smallest absolute Gasteiger partial charge is 0.387 e. The van der Waals surface area contributed by atoms with Gasteiger partial charge in [0.05, 0.1) is 23.6 Å². The third kappa shape index (κ3) is 2.92. The van der Waals surface area contributed by atoms with Crippen molar-refractivity contribution >= 4 is 11.8 Å². The summed E-state index contributed by atoms with van der Waals surface area (Å²) in [6.07, 6.45) is -2.60. The number of carbonyl (C=O) groups is 2. The van der Waals surface area contributed by atoms with Crippen molar-refractivity contribution in [3.63, 3.8) is 0 Å². The van der Waals surface area contributed by atoms with Crippen molar-refractivity contribution in [2.24, 2.45) is 5.41 Å². The van der Waals surface area contributed by atoms with Gasteiger partial charge < -0.3 is 5.11 Å². The van der Waals surface area contributed by atoms with E-state index >= 15 is 0 Å². The SMILES string of the molecule is O=C1CC2(CCCC2)C(=O)N1C[C@H](O)c1cccc(C(F)(F)F)c1. The number of rotatable bonds is 3. The van der Waals surface area contributed by atoms with E-state index in [1.165, 1.54) is 12.1 Å². The van der Waals surface area contributed by atoms with Crippen LogP contribution in [0.5, 0.6) is 0 Å². The summed E-state index contributed by atoms with van der Waals surface area (Å²) in [6, 6.07) is 4.32. The Kier molecular flexibility index (Phi) is 4.15. The molecule has 0 aromatic heterocycles. The molecule has 0 unspecified atom stereocenters. The van der Waals surface area contributed by atoms with Crippen LogP contribution < -0.4 is 0 Å². The number of nitrogens with zero attached hydrogens (tertiary/aromatic N) is 1. The van der Waals surface area contributed by atoms with Crippen molar-refractivity contribution in [3.05, 3.63) is 35.4 Å². The Balaban J connectivity index is 1.76. The number of halogens is 3. The Hall–Kier alpha value is -1.89. The Morgan fingerprint density at radius 1 is 1.21 bits per heavy atom. The first kappa shape index (κ1) is 17.0. The number of hydrogen-bond acceptors (Lipinski definition) is 3. The third-order valence-electron chi connectivity index (χ3n) is 5.00. The predicted molar refractivity (Wildman–Crippen MR) is 78.6 cm³/mol. The molecule has 1 spiro atoms. The molecule has 0 bridgehead atoms. The minimum absolute atomic E-state index is 0.0396. The van der Waals surface area contributed by atoms with E-state index in [2.05, 4.69) is 0 Å². The molecule has 0 radical (unpaired) electrons. The number of carbonyl (C=O) groups excluding carboxylic acids is 2. The molecule has 2 amide bonds. The van der Waals surface area contributed by atoms with Gasteiger partial charge in [0.25, 0.3) is 0 Å². The van der Waals surface area contributed by atoms with Crippen LogP contribution in [0, 0.1) is 5.41 Å². The van der Waals surface area contributed by atoms with Crippen LogP contribution in [0.1, 0.15) is 49.3 Å². The molecule has 2 fully saturated rings. The maximum atomic E-state index is 12.8. The Morgan fingerprint density at radius 3 is 2.50 bits per heavy atom. The topological polar surface area (TPSA) is 57.6 Å². The summed E-state index contributed by atoms with van der Waals surface area (Å²) in [5.74, 6) is -0.649. The highest BCUT2D eigenvalue weighted by molar-refractivity contribution is 6.06. The summed E-state index contributed by atoms with van der Waals surface area (Å²) in [6.45, 7) is -0.305. The maximum absolute atomic E-state index is 12.8. The number of imide groups is 1. The van der Waals surface area contributed by atoms with Crippen molar-refractivity contribution in [1.29, 1.82) is 0 Å². The molecule has 1 aliphatic carbocycles. The Morgan fingerprint density at radius 2 is 1.88 bits per heavy atom. The van der Waals surface area contributed by atoms with Gasteiger partial charge in [0.2, 0.25) is 11.8 Å². The molecular formula is C17H18F3NO3. The van der Waals surface area contributed by atoms with Gasteiger partial charge >= 0.3 is 6.18 Å². The zero-order chi connectivity index (χ0) is 17.5. The highest BCUT2D eigenvalue weighted by atomic mass is 19.4. The van der Waals surface area contributed by atoms with Gasteiger partial charge in [-0.05, 0) is 30.5 Å². The second-order valence-corrected chi connectivity index (χ2v) is 6.61. The molecule has 1 atom stereocenters. The molecule has 130 valence electrons. The van der Waals surface area contributed by atoms with Gasteiger partial charge in [0.1, 0.15) is 0 Å². The molecular weight excluding hydrogens is 323 g/mol. The predicted octanol–water partition coefficient (Wildman–Crippen LogP) is 3.06. The van der Waals surface area contributed by atoms with Crippen molar-refractivity contribution in [2.75, 3.05) is 6.54 Å². The molecule has 3 rings (SSSR count). The van der Waals surface area contributed by atoms with Gasteiger partial charge in [-0.15, -0.1) is 0 Å².